The van der Waals surface area contributed by atoms with Gasteiger partial charge in [0.05, 0.1) is 22.3 Å². The lowest BCUT2D eigenvalue weighted by Gasteiger charge is -2.02. The average Bonchev–Trinajstić information content (AvgIpc) is 2.84. The molecule has 0 fully saturated rings. The molecule has 2 heterocycles. The number of hydrogen-bond acceptors (Lipinski definition) is 2. The molecule has 0 saturated heterocycles. The summed E-state index contributed by atoms with van der Waals surface area (Å²) in [4.78, 5) is 12.4. The van der Waals surface area contributed by atoms with Crippen LogP contribution in [0, 0.1) is 5.82 Å². The van der Waals surface area contributed by atoms with Gasteiger partial charge in [-0.05, 0) is 30.3 Å². The third-order valence-electron chi connectivity index (χ3n) is 2.84. The van der Waals surface area contributed by atoms with Crippen LogP contribution in [0.1, 0.15) is 15.9 Å². The summed E-state index contributed by atoms with van der Waals surface area (Å²) in [5.41, 5.74) is 1.20. The predicted octanol–water partition coefficient (Wildman–Crippen LogP) is 3.36. The molecule has 0 aliphatic heterocycles. The molecule has 0 unspecified atom stereocenters. The van der Waals surface area contributed by atoms with E-state index in [9.17, 15) is 9.18 Å². The van der Waals surface area contributed by atoms with E-state index in [1.165, 1.54) is 18.3 Å². The zero-order valence-electron chi connectivity index (χ0n) is 9.68. The predicted molar refractivity (Wildman–Crippen MR) is 70.0 cm³/mol. The van der Waals surface area contributed by atoms with Gasteiger partial charge in [0.2, 0.25) is 0 Å². The Morgan fingerprint density at radius 3 is 2.89 bits per heavy atom. The molecule has 0 aliphatic rings. The summed E-state index contributed by atoms with van der Waals surface area (Å²) in [5, 5.41) is 4.30. The van der Waals surface area contributed by atoms with Crippen LogP contribution >= 0.6 is 11.6 Å². The van der Waals surface area contributed by atoms with Gasteiger partial charge in [-0.2, -0.15) is 5.10 Å². The molecule has 0 N–H and O–H groups in total. The topological polar surface area (TPSA) is 34.4 Å². The first-order valence-electron chi connectivity index (χ1n) is 5.59. The number of fused-ring (bicyclic) bond motifs is 1. The number of hydrogen-bond donors (Lipinski definition) is 0. The van der Waals surface area contributed by atoms with Crippen LogP contribution in [0.2, 0.25) is 5.02 Å². The van der Waals surface area contributed by atoms with Gasteiger partial charge in [-0.25, -0.2) is 8.91 Å². The largest absolute Gasteiger partial charge is 0.288 e. The molecule has 0 bridgehead atoms. The SMILES string of the molecule is O=C(c1cc(F)ccc1Cl)c1cnn2ccccc12. The summed E-state index contributed by atoms with van der Waals surface area (Å²) in [5.74, 6) is -0.838. The maximum absolute atomic E-state index is 13.2. The van der Waals surface area contributed by atoms with Crippen LogP contribution in [-0.2, 0) is 0 Å². The van der Waals surface area contributed by atoms with Crippen LogP contribution in [0.15, 0.2) is 48.8 Å². The van der Waals surface area contributed by atoms with Crippen molar-refractivity contribution in [2.75, 3.05) is 0 Å². The Balaban J connectivity index is 2.16. The van der Waals surface area contributed by atoms with E-state index in [4.69, 9.17) is 11.6 Å². The first kappa shape index (κ1) is 11.9. The fourth-order valence-electron chi connectivity index (χ4n) is 1.93. The van der Waals surface area contributed by atoms with Crippen LogP contribution in [-0.4, -0.2) is 15.4 Å². The number of aromatic nitrogens is 2. The van der Waals surface area contributed by atoms with Crippen LogP contribution in [0.25, 0.3) is 5.52 Å². The third kappa shape index (κ3) is 2.00. The molecule has 19 heavy (non-hydrogen) atoms. The van der Waals surface area contributed by atoms with Gasteiger partial charge in [-0.3, -0.25) is 4.79 Å². The molecular weight excluding hydrogens is 267 g/mol. The highest BCUT2D eigenvalue weighted by molar-refractivity contribution is 6.35. The van der Waals surface area contributed by atoms with Crippen LogP contribution < -0.4 is 0 Å². The van der Waals surface area contributed by atoms with Gasteiger partial charge >= 0.3 is 0 Å². The summed E-state index contributed by atoms with van der Waals surface area (Å²) < 4.78 is 14.8. The third-order valence-corrected chi connectivity index (χ3v) is 3.17. The molecule has 1 aromatic carbocycles. The highest BCUT2D eigenvalue weighted by Gasteiger charge is 2.17. The zero-order valence-corrected chi connectivity index (χ0v) is 10.4. The Morgan fingerprint density at radius 2 is 2.05 bits per heavy atom. The average molecular weight is 275 g/mol. The van der Waals surface area contributed by atoms with E-state index < -0.39 is 5.82 Å². The Morgan fingerprint density at radius 1 is 1.21 bits per heavy atom. The molecule has 0 aliphatic carbocycles. The van der Waals surface area contributed by atoms with Crippen LogP contribution in [0.4, 0.5) is 4.39 Å². The number of benzene rings is 1. The van der Waals surface area contributed by atoms with Gasteiger partial charge in [0.1, 0.15) is 5.82 Å². The minimum Gasteiger partial charge on any atom is -0.288 e. The van der Waals surface area contributed by atoms with Crippen LogP contribution in [0.3, 0.4) is 0 Å². The van der Waals surface area contributed by atoms with Crippen molar-refractivity contribution in [2.45, 2.75) is 0 Å². The molecule has 0 amide bonds. The van der Waals surface area contributed by atoms with Crippen molar-refractivity contribution in [1.82, 2.24) is 9.61 Å². The minimum atomic E-state index is -0.496. The summed E-state index contributed by atoms with van der Waals surface area (Å²) in [6.07, 6.45) is 3.19. The van der Waals surface area contributed by atoms with Crippen molar-refractivity contribution in [2.24, 2.45) is 0 Å². The molecule has 3 nitrogen and oxygen atoms in total. The van der Waals surface area contributed by atoms with Crippen molar-refractivity contribution < 1.29 is 9.18 Å². The standard InChI is InChI=1S/C14H8ClFN2O/c15-12-5-4-9(16)7-10(12)14(19)11-8-17-18-6-2-1-3-13(11)18/h1-8H. The summed E-state index contributed by atoms with van der Waals surface area (Å²) >= 11 is 5.94. The zero-order chi connectivity index (χ0) is 13.4. The molecule has 0 spiro atoms. The number of halogens is 2. The molecule has 3 rings (SSSR count). The Hall–Kier alpha value is -2.20. The lowest BCUT2D eigenvalue weighted by molar-refractivity contribution is 0.104. The van der Waals surface area contributed by atoms with E-state index in [-0.39, 0.29) is 16.4 Å². The Labute approximate surface area is 113 Å². The number of carbonyl (C=O) groups excluding carboxylic acids is 1. The van der Waals surface area contributed by atoms with Crippen molar-refractivity contribution in [1.29, 1.82) is 0 Å². The number of ketones is 1. The van der Waals surface area contributed by atoms with E-state index in [0.717, 1.165) is 6.07 Å². The van der Waals surface area contributed by atoms with Crippen molar-refractivity contribution in [3.8, 4) is 0 Å². The monoisotopic (exact) mass is 274 g/mol. The molecule has 5 heteroatoms. The Kier molecular flexibility index (Phi) is 2.80. The van der Waals surface area contributed by atoms with Crippen molar-refractivity contribution in [3.63, 3.8) is 0 Å². The van der Waals surface area contributed by atoms with Gasteiger partial charge in [0.25, 0.3) is 0 Å². The van der Waals surface area contributed by atoms with E-state index in [0.29, 0.717) is 11.1 Å². The van der Waals surface area contributed by atoms with E-state index in [1.54, 1.807) is 22.8 Å². The highest BCUT2D eigenvalue weighted by atomic mass is 35.5. The van der Waals surface area contributed by atoms with Crippen molar-refractivity contribution in [3.05, 3.63) is 70.8 Å². The first-order valence-corrected chi connectivity index (χ1v) is 5.97. The van der Waals surface area contributed by atoms with E-state index >= 15 is 0 Å². The number of carbonyl (C=O) groups is 1. The van der Waals surface area contributed by atoms with Gasteiger partial charge in [0, 0.05) is 11.8 Å². The number of rotatable bonds is 2. The van der Waals surface area contributed by atoms with Gasteiger partial charge < -0.3 is 0 Å². The molecule has 0 saturated carbocycles. The molecule has 2 aromatic heterocycles. The minimum absolute atomic E-state index is 0.139. The number of pyridine rings is 1. The van der Waals surface area contributed by atoms with Gasteiger partial charge in [0.15, 0.2) is 5.78 Å². The summed E-state index contributed by atoms with van der Waals surface area (Å²) in [6.45, 7) is 0. The Bertz CT molecular complexity index is 782. The van der Waals surface area contributed by atoms with E-state index in [1.807, 2.05) is 6.07 Å². The second-order valence-corrected chi connectivity index (χ2v) is 4.45. The van der Waals surface area contributed by atoms with E-state index in [2.05, 4.69) is 5.10 Å². The first-order chi connectivity index (χ1) is 9.16. The second kappa shape index (κ2) is 4.48. The molecule has 0 radical (unpaired) electrons. The smallest absolute Gasteiger partial charge is 0.198 e. The lowest BCUT2D eigenvalue weighted by Crippen LogP contribution is -2.02. The molecule has 0 atom stereocenters. The fourth-order valence-corrected chi connectivity index (χ4v) is 2.13. The number of nitrogens with zero attached hydrogens (tertiary/aromatic N) is 2. The normalized spacial score (nSPS) is 10.8. The lowest BCUT2D eigenvalue weighted by atomic mass is 10.0. The van der Waals surface area contributed by atoms with Crippen molar-refractivity contribution >= 4 is 22.9 Å². The fraction of sp³-hybridized carbons (Fsp3) is 0. The summed E-state index contributed by atoms with van der Waals surface area (Å²) in [6, 6.07) is 9.11. The summed E-state index contributed by atoms with van der Waals surface area (Å²) in [7, 11) is 0. The molecular formula is C14H8ClFN2O. The van der Waals surface area contributed by atoms with Gasteiger partial charge in [-0.1, -0.05) is 17.7 Å². The highest BCUT2D eigenvalue weighted by Crippen LogP contribution is 2.22. The quantitative estimate of drug-likeness (QED) is 0.672. The maximum Gasteiger partial charge on any atom is 0.198 e. The van der Waals surface area contributed by atoms with Crippen LogP contribution in [0.5, 0.6) is 0 Å². The molecule has 94 valence electrons. The second-order valence-electron chi connectivity index (χ2n) is 4.04. The maximum atomic E-state index is 13.2. The van der Waals surface area contributed by atoms with Gasteiger partial charge in [-0.15, -0.1) is 0 Å². The molecule has 3 aromatic rings.